The van der Waals surface area contributed by atoms with E-state index in [1.807, 2.05) is 4.98 Å². The quantitative estimate of drug-likeness (QED) is 0.596. The topological polar surface area (TPSA) is 105 Å². The van der Waals surface area contributed by atoms with Gasteiger partial charge in [-0.2, -0.15) is 0 Å². The predicted molar refractivity (Wildman–Crippen MR) is 58.0 cm³/mol. The molecule has 3 N–H and O–H groups in total. The van der Waals surface area contributed by atoms with E-state index >= 15 is 0 Å². The molecule has 1 aromatic rings. The summed E-state index contributed by atoms with van der Waals surface area (Å²) in [6.45, 7) is 0.895. The number of aliphatic hydroxyl groups excluding tert-OH is 2. The van der Waals surface area contributed by atoms with Crippen molar-refractivity contribution in [2.24, 2.45) is 0 Å². The first-order chi connectivity index (χ1) is 8.45. The highest BCUT2D eigenvalue weighted by Crippen LogP contribution is 2.30. The molecule has 1 saturated heterocycles. The maximum Gasteiger partial charge on any atom is 0.330 e. The summed E-state index contributed by atoms with van der Waals surface area (Å²) in [7, 11) is 0. The lowest BCUT2D eigenvalue weighted by atomic mass is 10.1. The lowest BCUT2D eigenvalue weighted by molar-refractivity contribution is -0.0492. The minimum Gasteiger partial charge on any atom is -0.394 e. The molecule has 18 heavy (non-hydrogen) atoms. The van der Waals surface area contributed by atoms with Gasteiger partial charge in [-0.3, -0.25) is 14.3 Å². The van der Waals surface area contributed by atoms with Gasteiger partial charge >= 0.3 is 5.69 Å². The first kappa shape index (κ1) is 12.9. The van der Waals surface area contributed by atoms with Gasteiger partial charge in [0.25, 0.3) is 5.56 Å². The maximum absolute atomic E-state index is 13.8. The van der Waals surface area contributed by atoms with Crippen molar-refractivity contribution < 1.29 is 19.3 Å². The van der Waals surface area contributed by atoms with E-state index in [9.17, 15) is 19.1 Å². The Kier molecular flexibility index (Phi) is 3.33. The second-order valence-electron chi connectivity index (χ2n) is 4.16. The fraction of sp³-hybridized carbons (Fsp3) is 0.600. The van der Waals surface area contributed by atoms with E-state index in [0.717, 1.165) is 10.8 Å². The molecule has 8 heteroatoms. The summed E-state index contributed by atoms with van der Waals surface area (Å²) in [5.74, 6) is 0. The van der Waals surface area contributed by atoms with E-state index in [0.29, 0.717) is 0 Å². The highest BCUT2D eigenvalue weighted by molar-refractivity contribution is 5.03. The first-order valence-electron chi connectivity index (χ1n) is 5.36. The van der Waals surface area contributed by atoms with E-state index < -0.39 is 42.5 Å². The van der Waals surface area contributed by atoms with Crippen LogP contribution in [0.2, 0.25) is 0 Å². The largest absolute Gasteiger partial charge is 0.394 e. The van der Waals surface area contributed by atoms with Crippen LogP contribution in [0.1, 0.15) is 11.8 Å². The lowest BCUT2D eigenvalue weighted by Gasteiger charge is -2.15. The summed E-state index contributed by atoms with van der Waals surface area (Å²) in [6, 6.07) is 0. The van der Waals surface area contributed by atoms with Gasteiger partial charge in [-0.25, -0.2) is 9.18 Å². The van der Waals surface area contributed by atoms with Crippen molar-refractivity contribution in [2.45, 2.75) is 31.5 Å². The zero-order valence-electron chi connectivity index (χ0n) is 9.54. The van der Waals surface area contributed by atoms with Crippen molar-refractivity contribution in [3.8, 4) is 0 Å². The number of nitrogens with zero attached hydrogens (tertiary/aromatic N) is 1. The molecule has 0 saturated carbocycles. The maximum atomic E-state index is 13.8. The third kappa shape index (κ3) is 1.98. The number of aryl methyl sites for hydroxylation is 1. The zero-order valence-corrected chi connectivity index (χ0v) is 9.54. The first-order valence-corrected chi connectivity index (χ1v) is 5.36. The van der Waals surface area contributed by atoms with E-state index in [1.54, 1.807) is 0 Å². The Balaban J connectivity index is 2.42. The number of H-pyrrole nitrogens is 1. The monoisotopic (exact) mass is 260 g/mol. The molecule has 1 aliphatic rings. The summed E-state index contributed by atoms with van der Waals surface area (Å²) < 4.78 is 19.7. The van der Waals surface area contributed by atoms with Crippen molar-refractivity contribution >= 4 is 0 Å². The number of ether oxygens (including phenoxy) is 1. The molecule has 1 fully saturated rings. The van der Waals surface area contributed by atoms with Gasteiger partial charge in [0.05, 0.1) is 6.61 Å². The Morgan fingerprint density at radius 3 is 2.78 bits per heavy atom. The lowest BCUT2D eigenvalue weighted by Crippen LogP contribution is -2.36. The summed E-state index contributed by atoms with van der Waals surface area (Å²) >= 11 is 0. The van der Waals surface area contributed by atoms with Crippen LogP contribution in [0.4, 0.5) is 4.39 Å². The van der Waals surface area contributed by atoms with Gasteiger partial charge in [-0.1, -0.05) is 0 Å². The molecule has 7 nitrogen and oxygen atoms in total. The third-order valence-corrected chi connectivity index (χ3v) is 2.89. The number of halogens is 1. The molecule has 1 aromatic heterocycles. The van der Waals surface area contributed by atoms with Gasteiger partial charge in [-0.15, -0.1) is 0 Å². The van der Waals surface area contributed by atoms with Crippen LogP contribution in [-0.2, 0) is 4.74 Å². The Morgan fingerprint density at radius 1 is 1.56 bits per heavy atom. The van der Waals surface area contributed by atoms with Gasteiger partial charge in [0.15, 0.2) is 12.4 Å². The summed E-state index contributed by atoms with van der Waals surface area (Å²) in [6.07, 6.45) is -4.67. The van der Waals surface area contributed by atoms with Crippen LogP contribution in [0.15, 0.2) is 15.8 Å². The SMILES string of the molecule is Cc1cn([C@@H]2O[C@H](CO)[C@@H](O)C2F)c(=O)[nH]c1=O. The number of hydrogen-bond donors (Lipinski definition) is 3. The van der Waals surface area contributed by atoms with Crippen LogP contribution in [0.3, 0.4) is 0 Å². The molecular formula is C10H13FN2O5. The average Bonchev–Trinajstić information content (AvgIpc) is 2.61. The van der Waals surface area contributed by atoms with Gasteiger partial charge in [0.1, 0.15) is 12.2 Å². The molecule has 4 atom stereocenters. The molecule has 0 radical (unpaired) electrons. The molecule has 0 aromatic carbocycles. The number of aromatic amines is 1. The molecule has 2 rings (SSSR count). The van der Waals surface area contributed by atoms with Crippen molar-refractivity contribution in [1.29, 1.82) is 0 Å². The normalized spacial score (nSPS) is 31.8. The van der Waals surface area contributed by atoms with E-state index in [-0.39, 0.29) is 5.56 Å². The average molecular weight is 260 g/mol. The molecule has 0 spiro atoms. The van der Waals surface area contributed by atoms with Crippen LogP contribution >= 0.6 is 0 Å². The second-order valence-corrected chi connectivity index (χ2v) is 4.16. The predicted octanol–water partition coefficient (Wildman–Crippen LogP) is -1.57. The van der Waals surface area contributed by atoms with Gasteiger partial charge in [-0.05, 0) is 6.92 Å². The summed E-state index contributed by atoms with van der Waals surface area (Å²) in [5.41, 5.74) is -1.18. The smallest absolute Gasteiger partial charge is 0.330 e. The van der Waals surface area contributed by atoms with Crippen LogP contribution in [0, 0.1) is 6.92 Å². The Labute approximate surface area is 100 Å². The van der Waals surface area contributed by atoms with Crippen LogP contribution in [0.5, 0.6) is 0 Å². The van der Waals surface area contributed by atoms with Crippen molar-refractivity contribution in [3.05, 3.63) is 32.6 Å². The van der Waals surface area contributed by atoms with Gasteiger partial charge < -0.3 is 14.9 Å². The summed E-state index contributed by atoms with van der Waals surface area (Å²) in [5, 5.41) is 18.3. The minimum absolute atomic E-state index is 0.215. The second kappa shape index (κ2) is 4.63. The number of rotatable bonds is 2. The Bertz CT molecular complexity index is 554. The fourth-order valence-electron chi connectivity index (χ4n) is 1.85. The van der Waals surface area contributed by atoms with Crippen molar-refractivity contribution in [3.63, 3.8) is 0 Å². The standard InChI is InChI=1S/C10H13FN2O5/c1-4-2-13(10(17)12-8(4)16)9-6(11)7(15)5(3-14)18-9/h2,5-7,9,14-15H,3H2,1H3,(H,12,16,17)/t5-,6?,7-,9-/m1/s1. The minimum atomic E-state index is -1.86. The number of nitrogens with one attached hydrogen (secondary N) is 1. The molecule has 0 bridgehead atoms. The van der Waals surface area contributed by atoms with Crippen molar-refractivity contribution in [2.75, 3.05) is 6.61 Å². The number of aliphatic hydroxyl groups is 2. The van der Waals surface area contributed by atoms with Gasteiger partial charge in [0.2, 0.25) is 0 Å². The van der Waals surface area contributed by atoms with E-state index in [4.69, 9.17) is 9.84 Å². The molecule has 1 aliphatic heterocycles. The van der Waals surface area contributed by atoms with E-state index in [2.05, 4.69) is 0 Å². The number of hydrogen-bond acceptors (Lipinski definition) is 5. The van der Waals surface area contributed by atoms with Crippen LogP contribution in [0.25, 0.3) is 0 Å². The zero-order chi connectivity index (χ0) is 13.4. The Hall–Kier alpha value is -1.51. The highest BCUT2D eigenvalue weighted by Gasteiger charge is 2.45. The van der Waals surface area contributed by atoms with E-state index in [1.165, 1.54) is 6.92 Å². The van der Waals surface area contributed by atoms with Crippen molar-refractivity contribution in [1.82, 2.24) is 9.55 Å². The number of alkyl halides is 1. The van der Waals surface area contributed by atoms with Crippen LogP contribution < -0.4 is 11.2 Å². The highest BCUT2D eigenvalue weighted by atomic mass is 19.1. The molecule has 100 valence electrons. The number of aromatic nitrogens is 2. The third-order valence-electron chi connectivity index (χ3n) is 2.89. The fourth-order valence-corrected chi connectivity index (χ4v) is 1.85. The molecule has 2 heterocycles. The molecular weight excluding hydrogens is 247 g/mol. The summed E-state index contributed by atoms with van der Waals surface area (Å²) in [4.78, 5) is 24.7. The molecule has 0 amide bonds. The molecule has 0 aliphatic carbocycles. The van der Waals surface area contributed by atoms with Crippen LogP contribution in [-0.4, -0.2) is 44.8 Å². The Morgan fingerprint density at radius 2 is 2.22 bits per heavy atom. The van der Waals surface area contributed by atoms with Gasteiger partial charge in [0, 0.05) is 11.8 Å². The molecule has 1 unspecified atom stereocenters.